The molecular weight excluding hydrogens is 196 g/mol. The van der Waals surface area contributed by atoms with Crippen LogP contribution >= 0.6 is 0 Å². The number of carboxylic acid groups (broad SMARTS) is 1. The molecular formula is C10H18N2O3. The second-order valence-corrected chi connectivity index (χ2v) is 4.85. The van der Waals surface area contributed by atoms with Gasteiger partial charge in [0, 0.05) is 13.1 Å². The number of likely N-dealkylation sites (tertiary alicyclic amines) is 1. The van der Waals surface area contributed by atoms with E-state index >= 15 is 0 Å². The minimum atomic E-state index is -1.01. The molecule has 1 fully saturated rings. The van der Waals surface area contributed by atoms with Crippen LogP contribution in [-0.2, 0) is 4.79 Å². The summed E-state index contributed by atoms with van der Waals surface area (Å²) in [4.78, 5) is 23.8. The third kappa shape index (κ3) is 3.11. The summed E-state index contributed by atoms with van der Waals surface area (Å²) in [6.45, 7) is 7.04. The average Bonchev–Trinajstić information content (AvgIpc) is 2.45. The van der Waals surface area contributed by atoms with E-state index in [0.29, 0.717) is 13.1 Å². The lowest BCUT2D eigenvalue weighted by molar-refractivity contribution is -0.138. The third-order valence-electron chi connectivity index (χ3n) is 2.68. The van der Waals surface area contributed by atoms with E-state index in [0.717, 1.165) is 6.42 Å². The normalized spacial score (nSPS) is 21.1. The molecule has 2 N–H and O–H groups in total. The van der Waals surface area contributed by atoms with Crippen LogP contribution in [-0.4, -0.2) is 41.1 Å². The molecule has 0 spiro atoms. The van der Waals surface area contributed by atoms with Gasteiger partial charge in [0.1, 0.15) is 6.04 Å². The zero-order chi connectivity index (χ0) is 11.6. The minimum Gasteiger partial charge on any atom is -0.480 e. The van der Waals surface area contributed by atoms with Gasteiger partial charge in [-0.05, 0) is 18.8 Å². The summed E-state index contributed by atoms with van der Waals surface area (Å²) in [5, 5.41) is 11.1. The number of nitrogens with one attached hydrogen (secondary N) is 1. The topological polar surface area (TPSA) is 69.6 Å². The van der Waals surface area contributed by atoms with Gasteiger partial charge in [-0.15, -0.1) is 0 Å². The summed E-state index contributed by atoms with van der Waals surface area (Å²) in [7, 11) is 0. The smallest absolute Gasteiger partial charge is 0.325 e. The maximum absolute atomic E-state index is 11.6. The molecule has 1 aliphatic rings. The van der Waals surface area contributed by atoms with Crippen LogP contribution in [0.1, 0.15) is 27.2 Å². The lowest BCUT2D eigenvalue weighted by Crippen LogP contribution is -2.46. The summed E-state index contributed by atoms with van der Waals surface area (Å²) >= 11 is 0. The Balaban J connectivity index is 2.46. The van der Waals surface area contributed by atoms with E-state index in [1.807, 2.05) is 0 Å². The Morgan fingerprint density at radius 2 is 2.07 bits per heavy atom. The Bertz CT molecular complexity index is 276. The first-order valence-electron chi connectivity index (χ1n) is 5.10. The van der Waals surface area contributed by atoms with E-state index in [1.54, 1.807) is 4.90 Å². The summed E-state index contributed by atoms with van der Waals surface area (Å²) in [6.07, 6.45) is 0.960. The van der Waals surface area contributed by atoms with Crippen LogP contribution in [0.5, 0.6) is 0 Å². The lowest BCUT2D eigenvalue weighted by atomic mass is 9.93. The average molecular weight is 214 g/mol. The molecule has 5 nitrogen and oxygen atoms in total. The number of nitrogens with zero attached hydrogens (tertiary/aromatic N) is 1. The van der Waals surface area contributed by atoms with Gasteiger partial charge in [-0.3, -0.25) is 4.79 Å². The number of hydrogen-bond acceptors (Lipinski definition) is 2. The quantitative estimate of drug-likeness (QED) is 0.717. The maximum Gasteiger partial charge on any atom is 0.325 e. The molecule has 0 aromatic heterocycles. The molecule has 2 amide bonds. The minimum absolute atomic E-state index is 0.143. The number of carbonyl (C=O) groups is 2. The Morgan fingerprint density at radius 3 is 2.47 bits per heavy atom. The molecule has 86 valence electrons. The number of hydrogen-bond donors (Lipinski definition) is 2. The maximum atomic E-state index is 11.6. The zero-order valence-electron chi connectivity index (χ0n) is 9.41. The van der Waals surface area contributed by atoms with Crippen molar-refractivity contribution >= 4 is 12.0 Å². The van der Waals surface area contributed by atoms with Gasteiger partial charge in [-0.1, -0.05) is 13.8 Å². The van der Waals surface area contributed by atoms with Crippen LogP contribution in [0.15, 0.2) is 0 Å². The summed E-state index contributed by atoms with van der Waals surface area (Å²) < 4.78 is 0. The van der Waals surface area contributed by atoms with Gasteiger partial charge in [-0.25, -0.2) is 4.79 Å². The molecule has 1 unspecified atom stereocenters. The van der Waals surface area contributed by atoms with E-state index in [9.17, 15) is 9.59 Å². The van der Waals surface area contributed by atoms with Crippen molar-refractivity contribution in [2.24, 2.45) is 5.41 Å². The van der Waals surface area contributed by atoms with Crippen LogP contribution < -0.4 is 5.32 Å². The van der Waals surface area contributed by atoms with Crippen molar-refractivity contribution in [3.05, 3.63) is 0 Å². The monoisotopic (exact) mass is 214 g/mol. The van der Waals surface area contributed by atoms with E-state index in [1.165, 1.54) is 6.92 Å². The van der Waals surface area contributed by atoms with Gasteiger partial charge < -0.3 is 15.3 Å². The Hall–Kier alpha value is -1.26. The van der Waals surface area contributed by atoms with Crippen molar-refractivity contribution in [1.82, 2.24) is 10.2 Å². The molecule has 0 aliphatic carbocycles. The lowest BCUT2D eigenvalue weighted by Gasteiger charge is -2.21. The fraction of sp³-hybridized carbons (Fsp3) is 0.800. The van der Waals surface area contributed by atoms with Gasteiger partial charge >= 0.3 is 12.0 Å². The molecule has 0 aromatic rings. The van der Waals surface area contributed by atoms with Gasteiger partial charge in [-0.2, -0.15) is 0 Å². The Labute approximate surface area is 89.4 Å². The summed E-state index contributed by atoms with van der Waals surface area (Å²) in [5.41, 5.74) is 0.143. The summed E-state index contributed by atoms with van der Waals surface area (Å²) in [6, 6.07) is -1.11. The fourth-order valence-corrected chi connectivity index (χ4v) is 1.62. The van der Waals surface area contributed by atoms with Crippen molar-refractivity contribution in [3.8, 4) is 0 Å². The molecule has 0 bridgehead atoms. The van der Waals surface area contributed by atoms with Crippen molar-refractivity contribution in [2.75, 3.05) is 13.1 Å². The standard InChI is InChI=1S/C10H18N2O3/c1-7(8(13)14)11-9(15)12-5-4-10(2,3)6-12/h7H,4-6H2,1-3H3,(H,11,15)(H,13,14). The number of urea groups is 1. The highest BCUT2D eigenvalue weighted by molar-refractivity contribution is 5.82. The molecule has 15 heavy (non-hydrogen) atoms. The zero-order valence-corrected chi connectivity index (χ0v) is 9.41. The first-order valence-corrected chi connectivity index (χ1v) is 5.10. The van der Waals surface area contributed by atoms with Crippen LogP contribution in [0.2, 0.25) is 0 Å². The van der Waals surface area contributed by atoms with Crippen LogP contribution in [0.25, 0.3) is 0 Å². The van der Waals surface area contributed by atoms with Gasteiger partial charge in [0.15, 0.2) is 0 Å². The highest BCUT2D eigenvalue weighted by atomic mass is 16.4. The third-order valence-corrected chi connectivity index (χ3v) is 2.68. The number of aliphatic carboxylic acids is 1. The first kappa shape index (κ1) is 11.8. The molecule has 0 radical (unpaired) electrons. The molecule has 1 heterocycles. The van der Waals surface area contributed by atoms with Gasteiger partial charge in [0.2, 0.25) is 0 Å². The van der Waals surface area contributed by atoms with Gasteiger partial charge in [0.25, 0.3) is 0 Å². The van der Waals surface area contributed by atoms with Gasteiger partial charge in [0.05, 0.1) is 0 Å². The second-order valence-electron chi connectivity index (χ2n) is 4.85. The molecule has 0 aromatic carbocycles. The largest absolute Gasteiger partial charge is 0.480 e. The predicted octanol–water partition coefficient (Wildman–Crippen LogP) is 0.901. The molecule has 1 atom stereocenters. The first-order chi connectivity index (χ1) is 6.82. The molecule has 0 saturated carbocycles. The van der Waals surface area contributed by atoms with Crippen molar-refractivity contribution in [3.63, 3.8) is 0 Å². The second kappa shape index (κ2) is 4.08. The Morgan fingerprint density at radius 1 is 1.47 bits per heavy atom. The SMILES string of the molecule is CC(NC(=O)N1CCC(C)(C)C1)C(=O)O. The molecule has 1 rings (SSSR count). The van der Waals surface area contributed by atoms with Crippen molar-refractivity contribution in [2.45, 2.75) is 33.2 Å². The number of carbonyl (C=O) groups excluding carboxylic acids is 1. The molecule has 1 saturated heterocycles. The van der Waals surface area contributed by atoms with E-state index < -0.39 is 12.0 Å². The molecule has 5 heteroatoms. The van der Waals surface area contributed by atoms with Crippen LogP contribution in [0.4, 0.5) is 4.79 Å². The highest BCUT2D eigenvalue weighted by Gasteiger charge is 2.32. The fourth-order valence-electron chi connectivity index (χ4n) is 1.62. The number of rotatable bonds is 2. The van der Waals surface area contributed by atoms with E-state index in [4.69, 9.17) is 5.11 Å². The van der Waals surface area contributed by atoms with Crippen LogP contribution in [0.3, 0.4) is 0 Å². The van der Waals surface area contributed by atoms with Crippen LogP contribution in [0, 0.1) is 5.41 Å². The molecule has 1 aliphatic heterocycles. The number of amides is 2. The Kier molecular flexibility index (Phi) is 3.21. The number of carboxylic acids is 1. The predicted molar refractivity (Wildman–Crippen MR) is 55.6 cm³/mol. The highest BCUT2D eigenvalue weighted by Crippen LogP contribution is 2.28. The van der Waals surface area contributed by atoms with E-state index in [-0.39, 0.29) is 11.4 Å². The van der Waals surface area contributed by atoms with Crippen molar-refractivity contribution < 1.29 is 14.7 Å². The van der Waals surface area contributed by atoms with Crippen molar-refractivity contribution in [1.29, 1.82) is 0 Å². The summed E-state index contributed by atoms with van der Waals surface area (Å²) in [5.74, 6) is -1.01. The van der Waals surface area contributed by atoms with E-state index in [2.05, 4.69) is 19.2 Å².